The molecule has 1 rings (SSSR count). The van der Waals surface area contributed by atoms with Crippen molar-refractivity contribution in [2.75, 3.05) is 20.3 Å². The Labute approximate surface area is 103 Å². The van der Waals surface area contributed by atoms with Crippen LogP contribution in [0.1, 0.15) is 5.56 Å². The molecule has 1 aromatic carbocycles. The summed E-state index contributed by atoms with van der Waals surface area (Å²) in [6.45, 7) is 1.24. The summed E-state index contributed by atoms with van der Waals surface area (Å²) in [5, 5.41) is 22.1. The Kier molecular flexibility index (Phi) is 5.76. The van der Waals surface area contributed by atoms with Crippen LogP contribution < -0.4 is 5.32 Å². The fourth-order valence-corrected chi connectivity index (χ4v) is 1.73. The van der Waals surface area contributed by atoms with Crippen LogP contribution in [0.5, 0.6) is 5.75 Å². The number of hydrogen-bond acceptors (Lipinski definition) is 4. The maximum absolute atomic E-state index is 9.69. The van der Waals surface area contributed by atoms with Gasteiger partial charge in [-0.15, -0.1) is 0 Å². The molecule has 0 amide bonds. The average Bonchev–Trinajstić information content (AvgIpc) is 2.25. The Morgan fingerprint density at radius 3 is 2.94 bits per heavy atom. The smallest absolute Gasteiger partial charge is 0.134 e. The summed E-state index contributed by atoms with van der Waals surface area (Å²) in [6.07, 6.45) is -0.528. The SMILES string of the molecule is COCC(O)CNCc1cccc(Br)c1O. The normalized spacial score (nSPS) is 12.7. The Bertz CT molecular complexity index is 333. The molecule has 1 unspecified atom stereocenters. The molecule has 1 aromatic rings. The molecule has 0 aromatic heterocycles. The van der Waals surface area contributed by atoms with Gasteiger partial charge in [-0.05, 0) is 22.0 Å². The van der Waals surface area contributed by atoms with Crippen LogP contribution in [0.2, 0.25) is 0 Å². The zero-order valence-corrected chi connectivity index (χ0v) is 10.7. The lowest BCUT2D eigenvalue weighted by Gasteiger charge is -2.11. The van der Waals surface area contributed by atoms with E-state index in [1.807, 2.05) is 12.1 Å². The summed E-state index contributed by atoms with van der Waals surface area (Å²) in [7, 11) is 1.54. The summed E-state index contributed by atoms with van der Waals surface area (Å²) in [6, 6.07) is 5.46. The minimum Gasteiger partial charge on any atom is -0.506 e. The summed E-state index contributed by atoms with van der Waals surface area (Å²) in [4.78, 5) is 0. The highest BCUT2D eigenvalue weighted by atomic mass is 79.9. The predicted octanol–water partition coefficient (Wildman–Crippen LogP) is 1.25. The van der Waals surface area contributed by atoms with Gasteiger partial charge in [-0.25, -0.2) is 0 Å². The van der Waals surface area contributed by atoms with Crippen LogP contribution in [0.3, 0.4) is 0 Å². The van der Waals surface area contributed by atoms with Crippen molar-refractivity contribution in [1.29, 1.82) is 0 Å². The van der Waals surface area contributed by atoms with Gasteiger partial charge in [0.15, 0.2) is 0 Å². The summed E-state index contributed by atoms with van der Waals surface area (Å²) in [5.41, 5.74) is 0.791. The number of phenols is 1. The van der Waals surface area contributed by atoms with Gasteiger partial charge in [0, 0.05) is 25.8 Å². The highest BCUT2D eigenvalue weighted by molar-refractivity contribution is 9.10. The first kappa shape index (κ1) is 13.4. The number of methoxy groups -OCH3 is 1. The van der Waals surface area contributed by atoms with Crippen LogP contribution in [0.15, 0.2) is 22.7 Å². The largest absolute Gasteiger partial charge is 0.506 e. The molecule has 5 heteroatoms. The van der Waals surface area contributed by atoms with Crippen LogP contribution in [0, 0.1) is 0 Å². The molecular formula is C11H16BrNO3. The molecule has 0 heterocycles. The lowest BCUT2D eigenvalue weighted by Crippen LogP contribution is -2.29. The number of aliphatic hydroxyl groups is 1. The highest BCUT2D eigenvalue weighted by Crippen LogP contribution is 2.26. The molecule has 0 aliphatic carbocycles. The van der Waals surface area contributed by atoms with E-state index in [0.717, 1.165) is 5.56 Å². The van der Waals surface area contributed by atoms with Gasteiger partial charge in [0.2, 0.25) is 0 Å². The summed E-state index contributed by atoms with van der Waals surface area (Å²) < 4.78 is 5.47. The summed E-state index contributed by atoms with van der Waals surface area (Å²) >= 11 is 3.24. The quantitative estimate of drug-likeness (QED) is 0.738. The minimum absolute atomic E-state index is 0.233. The van der Waals surface area contributed by atoms with E-state index < -0.39 is 6.10 Å². The van der Waals surface area contributed by atoms with E-state index in [9.17, 15) is 10.2 Å². The molecule has 0 saturated carbocycles. The highest BCUT2D eigenvalue weighted by Gasteiger charge is 2.06. The Morgan fingerprint density at radius 1 is 1.50 bits per heavy atom. The summed E-state index contributed by atoms with van der Waals surface area (Å²) in [5.74, 6) is 0.233. The van der Waals surface area contributed by atoms with Gasteiger partial charge in [0.25, 0.3) is 0 Å². The van der Waals surface area contributed by atoms with Crippen LogP contribution in [-0.2, 0) is 11.3 Å². The van der Waals surface area contributed by atoms with Gasteiger partial charge >= 0.3 is 0 Å². The van der Waals surface area contributed by atoms with Gasteiger partial charge in [0.05, 0.1) is 17.2 Å². The number of benzene rings is 1. The first-order valence-corrected chi connectivity index (χ1v) is 5.78. The van der Waals surface area contributed by atoms with Gasteiger partial charge < -0.3 is 20.3 Å². The maximum atomic E-state index is 9.69. The third-order valence-electron chi connectivity index (χ3n) is 2.12. The van der Waals surface area contributed by atoms with E-state index in [2.05, 4.69) is 21.2 Å². The van der Waals surface area contributed by atoms with E-state index in [4.69, 9.17) is 4.74 Å². The monoisotopic (exact) mass is 289 g/mol. The van der Waals surface area contributed by atoms with Crippen molar-refractivity contribution < 1.29 is 14.9 Å². The van der Waals surface area contributed by atoms with Crippen molar-refractivity contribution in [2.45, 2.75) is 12.6 Å². The molecule has 0 aliphatic heterocycles. The first-order valence-electron chi connectivity index (χ1n) is 4.99. The number of phenolic OH excluding ortho intramolecular Hbond substituents is 1. The van der Waals surface area contributed by atoms with Crippen molar-refractivity contribution in [1.82, 2.24) is 5.32 Å². The lowest BCUT2D eigenvalue weighted by atomic mass is 10.2. The van der Waals surface area contributed by atoms with E-state index in [-0.39, 0.29) is 5.75 Å². The zero-order valence-electron chi connectivity index (χ0n) is 9.11. The molecule has 0 fully saturated rings. The zero-order chi connectivity index (χ0) is 12.0. The van der Waals surface area contributed by atoms with Gasteiger partial charge in [0.1, 0.15) is 5.75 Å². The Balaban J connectivity index is 2.40. The molecule has 16 heavy (non-hydrogen) atoms. The van der Waals surface area contributed by atoms with Gasteiger partial charge in [-0.2, -0.15) is 0 Å². The second kappa shape index (κ2) is 6.85. The van der Waals surface area contributed by atoms with Crippen molar-refractivity contribution in [2.24, 2.45) is 0 Å². The third kappa shape index (κ3) is 4.09. The molecular weight excluding hydrogens is 274 g/mol. The molecule has 0 spiro atoms. The number of halogens is 1. The molecule has 90 valence electrons. The standard InChI is InChI=1S/C11H16BrNO3/c1-16-7-9(14)6-13-5-8-3-2-4-10(12)11(8)15/h2-4,9,13-15H,5-7H2,1H3. The number of ether oxygens (including phenoxy) is 1. The molecule has 0 saturated heterocycles. The van der Waals surface area contributed by atoms with Gasteiger partial charge in [-0.1, -0.05) is 12.1 Å². The van der Waals surface area contributed by atoms with Crippen LogP contribution in [0.25, 0.3) is 0 Å². The number of aliphatic hydroxyl groups excluding tert-OH is 1. The van der Waals surface area contributed by atoms with Crippen LogP contribution in [0.4, 0.5) is 0 Å². The fourth-order valence-electron chi connectivity index (χ4n) is 1.33. The van der Waals surface area contributed by atoms with E-state index in [1.165, 1.54) is 0 Å². The van der Waals surface area contributed by atoms with E-state index in [1.54, 1.807) is 13.2 Å². The van der Waals surface area contributed by atoms with E-state index in [0.29, 0.717) is 24.2 Å². The van der Waals surface area contributed by atoms with Crippen molar-refractivity contribution in [3.63, 3.8) is 0 Å². The van der Waals surface area contributed by atoms with Crippen molar-refractivity contribution in [3.05, 3.63) is 28.2 Å². The van der Waals surface area contributed by atoms with Crippen molar-refractivity contribution >= 4 is 15.9 Å². The molecule has 3 N–H and O–H groups in total. The maximum Gasteiger partial charge on any atom is 0.134 e. The van der Waals surface area contributed by atoms with E-state index >= 15 is 0 Å². The number of nitrogens with one attached hydrogen (secondary N) is 1. The second-order valence-electron chi connectivity index (χ2n) is 3.49. The van der Waals surface area contributed by atoms with Crippen molar-refractivity contribution in [3.8, 4) is 5.75 Å². The molecule has 0 aliphatic rings. The average molecular weight is 290 g/mol. The Morgan fingerprint density at radius 2 is 2.25 bits per heavy atom. The molecule has 1 atom stereocenters. The Hall–Kier alpha value is -0.620. The van der Waals surface area contributed by atoms with Crippen LogP contribution in [-0.4, -0.2) is 36.6 Å². The van der Waals surface area contributed by atoms with Crippen LogP contribution >= 0.6 is 15.9 Å². The first-order chi connectivity index (χ1) is 7.65. The lowest BCUT2D eigenvalue weighted by molar-refractivity contribution is 0.0644. The number of rotatable bonds is 6. The molecule has 0 bridgehead atoms. The van der Waals surface area contributed by atoms with Gasteiger partial charge in [-0.3, -0.25) is 0 Å². The number of para-hydroxylation sites is 1. The predicted molar refractivity (Wildman–Crippen MR) is 65.4 cm³/mol. The molecule has 0 radical (unpaired) electrons. The topological polar surface area (TPSA) is 61.7 Å². The number of hydrogen-bond donors (Lipinski definition) is 3. The third-order valence-corrected chi connectivity index (χ3v) is 2.76. The fraction of sp³-hybridized carbons (Fsp3) is 0.455. The second-order valence-corrected chi connectivity index (χ2v) is 4.34. The minimum atomic E-state index is -0.528. The number of aromatic hydroxyl groups is 1. The molecule has 4 nitrogen and oxygen atoms in total.